The number of hydrogen-bond donors (Lipinski definition) is 1. The molecule has 0 aliphatic rings. The van der Waals surface area contributed by atoms with Crippen molar-refractivity contribution in [2.75, 3.05) is 0 Å². The molecule has 2 heterocycles. The fraction of sp³-hybridized carbons (Fsp3) is 0.467. The van der Waals surface area contributed by atoms with Crippen LogP contribution in [0.5, 0.6) is 0 Å². The molecule has 0 aromatic carbocycles. The van der Waals surface area contributed by atoms with E-state index in [-0.39, 0.29) is 27.1 Å². The van der Waals surface area contributed by atoms with Gasteiger partial charge >= 0.3 is 17.8 Å². The van der Waals surface area contributed by atoms with E-state index in [9.17, 15) is 37.5 Å². The lowest BCUT2D eigenvalue weighted by Gasteiger charge is -2.17. The topological polar surface area (TPSA) is 98.4 Å². The molecule has 0 bridgehead atoms. The molecule has 1 N–H and O–H groups in total. The van der Waals surface area contributed by atoms with Crippen molar-refractivity contribution < 1.29 is 27.9 Å². The summed E-state index contributed by atoms with van der Waals surface area (Å²) in [5.41, 5.74) is -1.86. The van der Waals surface area contributed by atoms with E-state index in [1.165, 1.54) is 13.8 Å². The summed E-state index contributed by atoms with van der Waals surface area (Å²) in [5.74, 6) is -1.45. The maximum absolute atomic E-state index is 12.7. The lowest BCUT2D eigenvalue weighted by Crippen LogP contribution is -2.44. The van der Waals surface area contributed by atoms with E-state index in [0.29, 0.717) is 10.9 Å². The molecule has 2 aromatic heterocycles. The van der Waals surface area contributed by atoms with Crippen LogP contribution in [-0.4, -0.2) is 32.7 Å². The number of thiophene rings is 1. The molecule has 142 valence electrons. The average Bonchev–Trinajstić information content (AvgIpc) is 2.86. The largest absolute Gasteiger partial charge is 0.480 e. The Morgan fingerprint density at radius 2 is 1.96 bits per heavy atom. The Balaban J connectivity index is 2.91. The first-order valence-electron chi connectivity index (χ1n) is 7.56. The van der Waals surface area contributed by atoms with Gasteiger partial charge in [-0.3, -0.25) is 14.2 Å². The van der Waals surface area contributed by atoms with Gasteiger partial charge in [-0.15, -0.1) is 11.3 Å². The molecule has 0 spiro atoms. The molecular weight excluding hydrogens is 377 g/mol. The molecular formula is C15H15F3N2O5S. The fourth-order valence-electron chi connectivity index (χ4n) is 2.67. The number of carboxylic acid groups (broad SMARTS) is 1. The summed E-state index contributed by atoms with van der Waals surface area (Å²) in [6.07, 6.45) is -5.56. The summed E-state index contributed by atoms with van der Waals surface area (Å²) < 4.78 is 39.1. The van der Waals surface area contributed by atoms with E-state index in [1.807, 2.05) is 0 Å². The zero-order chi connectivity index (χ0) is 19.8. The van der Waals surface area contributed by atoms with Gasteiger partial charge in [0.15, 0.2) is 6.29 Å². The van der Waals surface area contributed by atoms with Crippen molar-refractivity contribution >= 4 is 33.8 Å². The molecule has 0 saturated heterocycles. The Bertz CT molecular complexity index is 986. The number of fused-ring (bicyclic) bond motifs is 1. The van der Waals surface area contributed by atoms with E-state index < -0.39 is 42.4 Å². The SMILES string of the molecule is CCC(C(=O)O)n1c(=O)c2c(C)c(C=O)sc2n(CCC(F)(F)F)c1=O. The van der Waals surface area contributed by atoms with Gasteiger partial charge in [0.05, 0.1) is 16.7 Å². The zero-order valence-electron chi connectivity index (χ0n) is 13.8. The monoisotopic (exact) mass is 392 g/mol. The van der Waals surface area contributed by atoms with Gasteiger partial charge in [-0.25, -0.2) is 14.2 Å². The lowest BCUT2D eigenvalue weighted by atomic mass is 10.2. The van der Waals surface area contributed by atoms with Crippen molar-refractivity contribution in [3.05, 3.63) is 31.3 Å². The lowest BCUT2D eigenvalue weighted by molar-refractivity contribution is -0.141. The van der Waals surface area contributed by atoms with Crippen molar-refractivity contribution in [2.45, 2.75) is 45.5 Å². The summed E-state index contributed by atoms with van der Waals surface area (Å²) in [5, 5.41) is 9.16. The van der Waals surface area contributed by atoms with Crippen LogP contribution in [-0.2, 0) is 11.3 Å². The Morgan fingerprint density at radius 1 is 1.35 bits per heavy atom. The number of hydrogen-bond acceptors (Lipinski definition) is 5. The molecule has 1 atom stereocenters. The molecule has 0 aliphatic heterocycles. The van der Waals surface area contributed by atoms with Crippen molar-refractivity contribution in [1.82, 2.24) is 9.13 Å². The van der Waals surface area contributed by atoms with Crippen LogP contribution >= 0.6 is 11.3 Å². The number of carbonyl (C=O) groups excluding carboxylic acids is 1. The van der Waals surface area contributed by atoms with Crippen LogP contribution in [0.4, 0.5) is 13.2 Å². The number of halogens is 3. The predicted octanol–water partition coefficient (Wildman–Crippen LogP) is 2.33. The van der Waals surface area contributed by atoms with E-state index in [4.69, 9.17) is 0 Å². The molecule has 1 unspecified atom stereocenters. The van der Waals surface area contributed by atoms with Crippen LogP contribution in [0.25, 0.3) is 10.2 Å². The predicted molar refractivity (Wildman–Crippen MR) is 88.1 cm³/mol. The minimum absolute atomic E-state index is 0.0691. The molecule has 0 radical (unpaired) electrons. The highest BCUT2D eigenvalue weighted by Crippen LogP contribution is 2.28. The van der Waals surface area contributed by atoms with Crippen LogP contribution in [0.3, 0.4) is 0 Å². The summed E-state index contributed by atoms with van der Waals surface area (Å²) >= 11 is 0.733. The van der Waals surface area contributed by atoms with Gasteiger partial charge in [-0.2, -0.15) is 13.2 Å². The van der Waals surface area contributed by atoms with E-state index in [2.05, 4.69) is 0 Å². The van der Waals surface area contributed by atoms with Crippen molar-refractivity contribution in [3.63, 3.8) is 0 Å². The molecule has 0 saturated carbocycles. The van der Waals surface area contributed by atoms with Crippen LogP contribution in [0.2, 0.25) is 0 Å². The van der Waals surface area contributed by atoms with Crippen LogP contribution in [0, 0.1) is 6.92 Å². The molecule has 26 heavy (non-hydrogen) atoms. The Hall–Kier alpha value is -2.43. The second-order valence-electron chi connectivity index (χ2n) is 5.63. The number of aromatic nitrogens is 2. The zero-order valence-corrected chi connectivity index (χ0v) is 14.6. The van der Waals surface area contributed by atoms with Gasteiger partial charge < -0.3 is 5.11 Å². The Morgan fingerprint density at radius 3 is 2.42 bits per heavy atom. The first-order chi connectivity index (χ1) is 12.0. The van der Waals surface area contributed by atoms with Crippen LogP contribution in [0.1, 0.15) is 41.0 Å². The summed E-state index contributed by atoms with van der Waals surface area (Å²) in [4.78, 5) is 47.9. The molecule has 2 aromatic rings. The molecule has 0 fully saturated rings. The number of nitrogens with zero attached hydrogens (tertiary/aromatic N) is 2. The molecule has 11 heteroatoms. The highest BCUT2D eigenvalue weighted by Gasteiger charge is 2.30. The number of rotatable bonds is 6. The number of aryl methyl sites for hydroxylation is 2. The first-order valence-corrected chi connectivity index (χ1v) is 8.38. The van der Waals surface area contributed by atoms with Gasteiger partial charge in [-0.05, 0) is 18.9 Å². The maximum atomic E-state index is 12.7. The van der Waals surface area contributed by atoms with Gasteiger partial charge in [-0.1, -0.05) is 6.92 Å². The summed E-state index contributed by atoms with van der Waals surface area (Å²) in [6, 6.07) is -1.52. The second-order valence-corrected chi connectivity index (χ2v) is 6.66. The maximum Gasteiger partial charge on any atom is 0.390 e. The number of carbonyl (C=O) groups is 2. The third kappa shape index (κ3) is 3.43. The molecule has 0 aliphatic carbocycles. The summed E-state index contributed by atoms with van der Waals surface area (Å²) in [6.45, 7) is 2.08. The van der Waals surface area contributed by atoms with Crippen molar-refractivity contribution in [1.29, 1.82) is 0 Å². The number of aldehydes is 1. The van der Waals surface area contributed by atoms with Gasteiger partial charge in [0.25, 0.3) is 5.56 Å². The fourth-order valence-corrected chi connectivity index (χ4v) is 3.81. The minimum atomic E-state index is -4.55. The third-order valence-electron chi connectivity index (χ3n) is 3.99. The third-order valence-corrected chi connectivity index (χ3v) is 5.23. The van der Waals surface area contributed by atoms with Crippen molar-refractivity contribution in [3.8, 4) is 0 Å². The first kappa shape index (κ1) is 19.9. The van der Waals surface area contributed by atoms with Crippen LogP contribution in [0.15, 0.2) is 9.59 Å². The normalized spacial score (nSPS) is 13.1. The van der Waals surface area contributed by atoms with E-state index >= 15 is 0 Å². The molecule has 2 rings (SSSR count). The quantitative estimate of drug-likeness (QED) is 0.761. The Labute approximate surface area is 148 Å². The highest BCUT2D eigenvalue weighted by atomic mass is 32.1. The molecule has 0 amide bonds. The number of carboxylic acids is 1. The standard InChI is InChI=1S/C15H15F3N2O5S/c1-3-8(13(23)24)20-11(22)10-7(2)9(6-21)26-12(10)19(14(20)25)5-4-15(16,17)18/h6,8H,3-5H2,1-2H3,(H,23,24). The number of alkyl halides is 3. The van der Waals surface area contributed by atoms with E-state index in [0.717, 1.165) is 15.9 Å². The Kier molecular flexibility index (Phi) is 5.40. The number of aliphatic carboxylic acids is 1. The summed E-state index contributed by atoms with van der Waals surface area (Å²) in [7, 11) is 0. The smallest absolute Gasteiger partial charge is 0.390 e. The second kappa shape index (κ2) is 7.06. The van der Waals surface area contributed by atoms with Crippen LogP contribution < -0.4 is 11.2 Å². The van der Waals surface area contributed by atoms with Crippen molar-refractivity contribution in [2.24, 2.45) is 0 Å². The van der Waals surface area contributed by atoms with Gasteiger partial charge in [0.2, 0.25) is 0 Å². The highest BCUT2D eigenvalue weighted by molar-refractivity contribution is 7.20. The minimum Gasteiger partial charge on any atom is -0.480 e. The van der Waals surface area contributed by atoms with Gasteiger partial charge in [0.1, 0.15) is 10.9 Å². The van der Waals surface area contributed by atoms with Gasteiger partial charge in [0, 0.05) is 6.54 Å². The van der Waals surface area contributed by atoms with E-state index in [1.54, 1.807) is 0 Å². The average molecular weight is 392 g/mol. The molecule has 7 nitrogen and oxygen atoms in total.